The molecule has 0 unspecified atom stereocenters. The van der Waals surface area contributed by atoms with Crippen molar-refractivity contribution < 1.29 is 14.0 Å². The lowest BCUT2D eigenvalue weighted by atomic mass is 10.2. The molecule has 0 spiro atoms. The lowest BCUT2D eigenvalue weighted by Gasteiger charge is -2.10. The molecule has 0 bridgehead atoms. The van der Waals surface area contributed by atoms with Crippen molar-refractivity contribution in [3.8, 4) is 5.69 Å². The lowest BCUT2D eigenvalue weighted by molar-refractivity contribution is -0.139. The number of halogens is 1. The van der Waals surface area contributed by atoms with Crippen molar-refractivity contribution in [3.05, 3.63) is 53.1 Å². The number of aromatic nitrogens is 1. The van der Waals surface area contributed by atoms with Gasteiger partial charge in [0.1, 0.15) is 5.82 Å². The Morgan fingerprint density at radius 3 is 2.59 bits per heavy atom. The molecule has 7 heteroatoms. The lowest BCUT2D eigenvalue weighted by Crippen LogP contribution is -2.42. The van der Waals surface area contributed by atoms with Gasteiger partial charge in [0.2, 0.25) is 0 Å². The van der Waals surface area contributed by atoms with Crippen LogP contribution in [0, 0.1) is 19.7 Å². The van der Waals surface area contributed by atoms with Crippen LogP contribution in [0.2, 0.25) is 0 Å². The Bertz CT molecular complexity index is 882. The number of hydrogen-bond acceptors (Lipinski definition) is 3. The molecule has 142 valence electrons. The summed E-state index contributed by atoms with van der Waals surface area (Å²) in [4.78, 5) is 23.7. The fourth-order valence-corrected chi connectivity index (χ4v) is 3.45. The molecule has 0 saturated heterocycles. The summed E-state index contributed by atoms with van der Waals surface area (Å²) in [7, 11) is 0. The molecule has 27 heavy (non-hydrogen) atoms. The molecular formula is C20H23FN4O2. The molecule has 1 aliphatic carbocycles. The van der Waals surface area contributed by atoms with Gasteiger partial charge in [0.05, 0.1) is 11.9 Å². The number of para-hydroxylation sites is 1. The maximum Gasteiger partial charge on any atom is 0.329 e. The first-order chi connectivity index (χ1) is 13.0. The van der Waals surface area contributed by atoms with Crippen molar-refractivity contribution in [2.45, 2.75) is 45.6 Å². The Kier molecular flexibility index (Phi) is 5.69. The van der Waals surface area contributed by atoms with Gasteiger partial charge in [0.15, 0.2) is 0 Å². The van der Waals surface area contributed by atoms with E-state index in [0.29, 0.717) is 5.69 Å². The van der Waals surface area contributed by atoms with Crippen LogP contribution in [0.1, 0.15) is 42.6 Å². The van der Waals surface area contributed by atoms with Crippen molar-refractivity contribution in [2.75, 3.05) is 0 Å². The predicted molar refractivity (Wildman–Crippen MR) is 101 cm³/mol. The minimum absolute atomic E-state index is 0.0759. The average Bonchev–Trinajstić information content (AvgIpc) is 3.24. The van der Waals surface area contributed by atoms with E-state index < -0.39 is 11.8 Å². The molecule has 1 fully saturated rings. The summed E-state index contributed by atoms with van der Waals surface area (Å²) in [5, 5.41) is 6.59. The number of nitrogens with one attached hydrogen (secondary N) is 2. The van der Waals surface area contributed by atoms with Gasteiger partial charge in [-0.25, -0.2) is 9.82 Å². The van der Waals surface area contributed by atoms with Gasteiger partial charge in [-0.2, -0.15) is 5.10 Å². The number of nitrogens with zero attached hydrogens (tertiary/aromatic N) is 2. The van der Waals surface area contributed by atoms with Crippen LogP contribution in [0.3, 0.4) is 0 Å². The third-order valence-electron chi connectivity index (χ3n) is 4.83. The van der Waals surface area contributed by atoms with Crippen molar-refractivity contribution in [2.24, 2.45) is 5.10 Å². The summed E-state index contributed by atoms with van der Waals surface area (Å²) < 4.78 is 15.9. The third kappa shape index (κ3) is 4.24. The zero-order valence-corrected chi connectivity index (χ0v) is 15.5. The van der Waals surface area contributed by atoms with E-state index >= 15 is 0 Å². The quantitative estimate of drug-likeness (QED) is 0.493. The monoisotopic (exact) mass is 370 g/mol. The first-order valence-corrected chi connectivity index (χ1v) is 9.05. The smallest absolute Gasteiger partial charge is 0.329 e. The van der Waals surface area contributed by atoms with E-state index in [1.54, 1.807) is 22.8 Å². The second kappa shape index (κ2) is 8.16. The maximum absolute atomic E-state index is 14.1. The fraction of sp³-hybridized carbons (Fsp3) is 0.350. The zero-order valence-electron chi connectivity index (χ0n) is 15.5. The highest BCUT2D eigenvalue weighted by molar-refractivity contribution is 6.35. The number of aryl methyl sites for hydroxylation is 1. The van der Waals surface area contributed by atoms with Crippen LogP contribution in [0.15, 0.2) is 35.4 Å². The van der Waals surface area contributed by atoms with E-state index in [4.69, 9.17) is 0 Å². The largest absolute Gasteiger partial charge is 0.345 e. The molecule has 1 aromatic heterocycles. The second-order valence-electron chi connectivity index (χ2n) is 6.77. The van der Waals surface area contributed by atoms with Crippen LogP contribution in [-0.4, -0.2) is 28.6 Å². The van der Waals surface area contributed by atoms with Crippen molar-refractivity contribution in [1.82, 2.24) is 15.3 Å². The SMILES string of the molecule is Cc1cc(/C=N\NC(=O)C(=O)NC2CCCC2)c(C)n1-c1ccccc1F. The molecular weight excluding hydrogens is 347 g/mol. The Morgan fingerprint density at radius 1 is 1.19 bits per heavy atom. The summed E-state index contributed by atoms with van der Waals surface area (Å²) in [6.45, 7) is 3.71. The fourth-order valence-electron chi connectivity index (χ4n) is 3.45. The van der Waals surface area contributed by atoms with E-state index in [0.717, 1.165) is 42.6 Å². The van der Waals surface area contributed by atoms with Crippen LogP contribution < -0.4 is 10.7 Å². The molecule has 2 aromatic rings. The minimum atomic E-state index is -0.791. The number of hydrazone groups is 1. The van der Waals surface area contributed by atoms with Crippen LogP contribution in [0.25, 0.3) is 5.69 Å². The summed E-state index contributed by atoms with van der Waals surface area (Å²) in [6, 6.07) is 8.44. The van der Waals surface area contributed by atoms with Gasteiger partial charge in [0, 0.05) is 23.0 Å². The Morgan fingerprint density at radius 2 is 1.89 bits per heavy atom. The van der Waals surface area contributed by atoms with Gasteiger partial charge in [-0.05, 0) is 44.9 Å². The van der Waals surface area contributed by atoms with Gasteiger partial charge in [0.25, 0.3) is 0 Å². The first-order valence-electron chi connectivity index (χ1n) is 9.05. The highest BCUT2D eigenvalue weighted by atomic mass is 19.1. The topological polar surface area (TPSA) is 75.5 Å². The van der Waals surface area contributed by atoms with Crippen LogP contribution in [0.5, 0.6) is 0 Å². The first kappa shape index (κ1) is 18.8. The van der Waals surface area contributed by atoms with E-state index in [2.05, 4.69) is 15.8 Å². The summed E-state index contributed by atoms with van der Waals surface area (Å²) >= 11 is 0. The molecule has 1 heterocycles. The van der Waals surface area contributed by atoms with Crippen molar-refractivity contribution >= 4 is 18.0 Å². The van der Waals surface area contributed by atoms with Crippen molar-refractivity contribution in [3.63, 3.8) is 0 Å². The maximum atomic E-state index is 14.1. The molecule has 1 aromatic carbocycles. The van der Waals surface area contributed by atoms with E-state index in [1.807, 2.05) is 19.9 Å². The molecule has 0 aliphatic heterocycles. The Balaban J connectivity index is 1.67. The van der Waals surface area contributed by atoms with Crippen LogP contribution >= 0.6 is 0 Å². The van der Waals surface area contributed by atoms with E-state index in [-0.39, 0.29) is 11.9 Å². The predicted octanol–water partition coefficient (Wildman–Crippen LogP) is 2.74. The molecule has 0 radical (unpaired) electrons. The number of amides is 2. The molecule has 3 rings (SSSR count). The van der Waals surface area contributed by atoms with Gasteiger partial charge >= 0.3 is 11.8 Å². The van der Waals surface area contributed by atoms with Gasteiger partial charge < -0.3 is 9.88 Å². The molecule has 2 N–H and O–H groups in total. The average molecular weight is 370 g/mol. The molecule has 6 nitrogen and oxygen atoms in total. The molecule has 1 aliphatic rings. The van der Waals surface area contributed by atoms with E-state index in [9.17, 15) is 14.0 Å². The highest BCUT2D eigenvalue weighted by Crippen LogP contribution is 2.21. The number of carbonyl (C=O) groups excluding carboxylic acids is 2. The van der Waals surface area contributed by atoms with Crippen LogP contribution in [-0.2, 0) is 9.59 Å². The Labute approximate surface area is 157 Å². The summed E-state index contributed by atoms with van der Waals surface area (Å²) in [5.74, 6) is -1.78. The number of benzene rings is 1. The third-order valence-corrected chi connectivity index (χ3v) is 4.83. The number of hydrogen-bond donors (Lipinski definition) is 2. The Hall–Kier alpha value is -2.96. The normalized spacial score (nSPS) is 14.6. The minimum Gasteiger partial charge on any atom is -0.345 e. The van der Waals surface area contributed by atoms with E-state index in [1.165, 1.54) is 12.3 Å². The molecule has 0 atom stereocenters. The number of carbonyl (C=O) groups is 2. The number of rotatable bonds is 4. The molecule has 1 saturated carbocycles. The molecule has 2 amide bonds. The van der Waals surface area contributed by atoms with Crippen molar-refractivity contribution in [1.29, 1.82) is 0 Å². The van der Waals surface area contributed by atoms with Crippen LogP contribution in [0.4, 0.5) is 4.39 Å². The summed E-state index contributed by atoms with van der Waals surface area (Å²) in [6.07, 6.45) is 5.42. The zero-order chi connectivity index (χ0) is 19.4. The van der Waals surface area contributed by atoms with Gasteiger partial charge in [-0.15, -0.1) is 0 Å². The second-order valence-corrected chi connectivity index (χ2v) is 6.77. The summed E-state index contributed by atoms with van der Waals surface area (Å²) in [5.41, 5.74) is 5.05. The van der Waals surface area contributed by atoms with Gasteiger partial charge in [-0.1, -0.05) is 25.0 Å². The van der Waals surface area contributed by atoms with Gasteiger partial charge in [-0.3, -0.25) is 9.59 Å². The standard InChI is InChI=1S/C20H23FN4O2/c1-13-11-15(14(2)25(13)18-10-6-5-9-17(18)21)12-22-24-20(27)19(26)23-16-7-3-4-8-16/h5-6,9-12,16H,3-4,7-8H2,1-2H3,(H,23,26)(H,24,27)/b22-12-. The highest BCUT2D eigenvalue weighted by Gasteiger charge is 2.21.